The molecule has 0 aromatic heterocycles. The molecule has 0 radical (unpaired) electrons. The lowest BCUT2D eigenvalue weighted by atomic mass is 10.0. The first-order chi connectivity index (χ1) is 9.93. The van der Waals surface area contributed by atoms with Crippen molar-refractivity contribution in [2.45, 2.75) is 6.36 Å². The first-order valence-corrected chi connectivity index (χ1v) is 5.92. The van der Waals surface area contributed by atoms with Crippen molar-refractivity contribution >= 4 is 6.29 Å². The van der Waals surface area contributed by atoms with Crippen molar-refractivity contribution < 1.29 is 27.4 Å². The molecule has 0 aliphatic carbocycles. The first-order valence-electron chi connectivity index (χ1n) is 5.92. The van der Waals surface area contributed by atoms with Gasteiger partial charge in [0, 0.05) is 11.1 Å². The molecule has 0 aliphatic rings. The number of aldehydes is 1. The summed E-state index contributed by atoms with van der Waals surface area (Å²) in [5, 5.41) is 0. The predicted octanol–water partition coefficient (Wildman–Crippen LogP) is 4.07. The molecule has 110 valence electrons. The molecule has 2 aromatic carbocycles. The molecule has 21 heavy (non-hydrogen) atoms. The molecular weight excluding hydrogens is 285 g/mol. The molecule has 0 saturated heterocycles. The molecule has 6 heteroatoms. The summed E-state index contributed by atoms with van der Waals surface area (Å²) < 4.78 is 46.3. The molecule has 0 unspecified atom stereocenters. The summed E-state index contributed by atoms with van der Waals surface area (Å²) in [4.78, 5) is 10.8. The summed E-state index contributed by atoms with van der Waals surface area (Å²) in [6.45, 7) is 0. The van der Waals surface area contributed by atoms with Gasteiger partial charge in [-0.05, 0) is 35.9 Å². The molecule has 0 fully saturated rings. The van der Waals surface area contributed by atoms with E-state index >= 15 is 0 Å². The van der Waals surface area contributed by atoms with Crippen LogP contribution in [0.4, 0.5) is 13.2 Å². The van der Waals surface area contributed by atoms with Crippen LogP contribution in [-0.2, 0) is 0 Å². The SMILES string of the molecule is COc1ccc(-c2cc(C=O)ccc2OC(F)(F)F)cc1. The fourth-order valence-electron chi connectivity index (χ4n) is 1.83. The highest BCUT2D eigenvalue weighted by Gasteiger charge is 2.32. The summed E-state index contributed by atoms with van der Waals surface area (Å²) in [5.41, 5.74) is 0.925. The van der Waals surface area contributed by atoms with Crippen LogP contribution in [0.15, 0.2) is 42.5 Å². The van der Waals surface area contributed by atoms with Crippen molar-refractivity contribution in [3.63, 3.8) is 0 Å². The van der Waals surface area contributed by atoms with Crippen molar-refractivity contribution in [3.05, 3.63) is 48.0 Å². The number of hydrogen-bond acceptors (Lipinski definition) is 3. The highest BCUT2D eigenvalue weighted by molar-refractivity contribution is 5.81. The molecule has 0 amide bonds. The Morgan fingerprint density at radius 1 is 1.05 bits per heavy atom. The Hall–Kier alpha value is -2.50. The van der Waals surface area contributed by atoms with E-state index in [1.807, 2.05) is 0 Å². The summed E-state index contributed by atoms with van der Waals surface area (Å²) in [7, 11) is 1.49. The number of ether oxygens (including phenoxy) is 2. The second-order valence-corrected chi connectivity index (χ2v) is 4.15. The van der Waals surface area contributed by atoms with E-state index in [1.54, 1.807) is 24.3 Å². The van der Waals surface area contributed by atoms with Gasteiger partial charge in [0.15, 0.2) is 0 Å². The van der Waals surface area contributed by atoms with Gasteiger partial charge in [0.25, 0.3) is 0 Å². The van der Waals surface area contributed by atoms with Crippen molar-refractivity contribution in [1.29, 1.82) is 0 Å². The predicted molar refractivity (Wildman–Crippen MR) is 70.5 cm³/mol. The maximum Gasteiger partial charge on any atom is 0.573 e. The molecule has 2 aromatic rings. The molecule has 0 bridgehead atoms. The van der Waals surface area contributed by atoms with Crippen LogP contribution in [0.25, 0.3) is 11.1 Å². The molecule has 0 spiro atoms. The minimum absolute atomic E-state index is 0.180. The third kappa shape index (κ3) is 3.75. The van der Waals surface area contributed by atoms with Crippen LogP contribution in [0.5, 0.6) is 11.5 Å². The van der Waals surface area contributed by atoms with Gasteiger partial charge in [-0.1, -0.05) is 12.1 Å². The molecule has 2 rings (SSSR count). The van der Waals surface area contributed by atoms with E-state index in [-0.39, 0.29) is 16.9 Å². The lowest BCUT2D eigenvalue weighted by Gasteiger charge is -2.14. The van der Waals surface area contributed by atoms with Crippen molar-refractivity contribution in [2.75, 3.05) is 7.11 Å². The highest BCUT2D eigenvalue weighted by Crippen LogP contribution is 2.35. The van der Waals surface area contributed by atoms with Crippen molar-refractivity contribution in [1.82, 2.24) is 0 Å². The Labute approximate surface area is 118 Å². The lowest BCUT2D eigenvalue weighted by Crippen LogP contribution is -2.17. The second-order valence-electron chi connectivity index (χ2n) is 4.15. The van der Waals surface area contributed by atoms with Crippen LogP contribution in [0, 0.1) is 0 Å². The van der Waals surface area contributed by atoms with Gasteiger partial charge in [-0.25, -0.2) is 0 Å². The molecule has 0 N–H and O–H groups in total. The fraction of sp³-hybridized carbons (Fsp3) is 0.133. The number of methoxy groups -OCH3 is 1. The maximum atomic E-state index is 12.4. The number of benzene rings is 2. The number of carbonyl (C=O) groups excluding carboxylic acids is 1. The lowest BCUT2D eigenvalue weighted by molar-refractivity contribution is -0.274. The average molecular weight is 296 g/mol. The molecular formula is C15H11F3O3. The van der Waals surface area contributed by atoms with Crippen LogP contribution in [-0.4, -0.2) is 19.8 Å². The summed E-state index contributed by atoms with van der Waals surface area (Å²) in [6, 6.07) is 10.1. The Balaban J connectivity index is 2.49. The van der Waals surface area contributed by atoms with E-state index in [4.69, 9.17) is 4.74 Å². The first kappa shape index (κ1) is 14.9. The third-order valence-electron chi connectivity index (χ3n) is 2.77. The molecule has 0 aliphatic heterocycles. The minimum atomic E-state index is -4.80. The Morgan fingerprint density at radius 2 is 1.71 bits per heavy atom. The van der Waals surface area contributed by atoms with E-state index < -0.39 is 6.36 Å². The van der Waals surface area contributed by atoms with Crippen LogP contribution in [0.1, 0.15) is 10.4 Å². The summed E-state index contributed by atoms with van der Waals surface area (Å²) in [6.07, 6.45) is -4.24. The van der Waals surface area contributed by atoms with E-state index in [9.17, 15) is 18.0 Å². The third-order valence-corrected chi connectivity index (χ3v) is 2.77. The Bertz CT molecular complexity index is 634. The van der Waals surface area contributed by atoms with Gasteiger partial charge in [0.05, 0.1) is 7.11 Å². The summed E-state index contributed by atoms with van der Waals surface area (Å²) in [5.74, 6) is 0.210. The average Bonchev–Trinajstić information content (AvgIpc) is 2.46. The highest BCUT2D eigenvalue weighted by atomic mass is 19.4. The fourth-order valence-corrected chi connectivity index (χ4v) is 1.83. The van der Waals surface area contributed by atoms with Gasteiger partial charge < -0.3 is 9.47 Å². The van der Waals surface area contributed by atoms with Crippen molar-refractivity contribution in [3.8, 4) is 22.6 Å². The van der Waals surface area contributed by atoms with Gasteiger partial charge in [-0.3, -0.25) is 4.79 Å². The monoisotopic (exact) mass is 296 g/mol. The zero-order chi connectivity index (χ0) is 15.5. The van der Waals surface area contributed by atoms with Gasteiger partial charge in [0.2, 0.25) is 0 Å². The van der Waals surface area contributed by atoms with E-state index in [0.717, 1.165) is 6.07 Å². The smallest absolute Gasteiger partial charge is 0.497 e. The van der Waals surface area contributed by atoms with E-state index in [2.05, 4.69) is 4.74 Å². The van der Waals surface area contributed by atoms with Gasteiger partial charge in [-0.2, -0.15) is 0 Å². The topological polar surface area (TPSA) is 35.5 Å². The zero-order valence-corrected chi connectivity index (χ0v) is 11.0. The number of halogens is 3. The maximum absolute atomic E-state index is 12.4. The molecule has 0 saturated carbocycles. The van der Waals surface area contributed by atoms with E-state index in [0.29, 0.717) is 17.6 Å². The molecule has 0 atom stereocenters. The second kappa shape index (κ2) is 5.87. The molecule has 3 nitrogen and oxygen atoms in total. The normalized spacial score (nSPS) is 11.0. The molecule has 0 heterocycles. The van der Waals surface area contributed by atoms with Gasteiger partial charge in [0.1, 0.15) is 17.8 Å². The van der Waals surface area contributed by atoms with Crippen LogP contribution < -0.4 is 9.47 Å². The van der Waals surface area contributed by atoms with Crippen LogP contribution in [0.2, 0.25) is 0 Å². The number of rotatable bonds is 4. The zero-order valence-electron chi connectivity index (χ0n) is 11.0. The standard InChI is InChI=1S/C15H11F3O3/c1-20-12-5-3-11(4-6-12)13-8-10(9-19)2-7-14(13)21-15(16,17)18/h2-9H,1H3. The summed E-state index contributed by atoms with van der Waals surface area (Å²) >= 11 is 0. The Kier molecular flexibility index (Phi) is 4.16. The van der Waals surface area contributed by atoms with Crippen LogP contribution >= 0.6 is 0 Å². The van der Waals surface area contributed by atoms with Crippen molar-refractivity contribution in [2.24, 2.45) is 0 Å². The minimum Gasteiger partial charge on any atom is -0.497 e. The number of carbonyl (C=O) groups is 1. The quantitative estimate of drug-likeness (QED) is 0.798. The Morgan fingerprint density at radius 3 is 2.24 bits per heavy atom. The van der Waals surface area contributed by atoms with Gasteiger partial charge in [-0.15, -0.1) is 13.2 Å². The number of hydrogen-bond donors (Lipinski definition) is 0. The van der Waals surface area contributed by atoms with E-state index in [1.165, 1.54) is 19.2 Å². The number of alkyl halides is 3. The van der Waals surface area contributed by atoms with Gasteiger partial charge >= 0.3 is 6.36 Å². The largest absolute Gasteiger partial charge is 0.573 e. The van der Waals surface area contributed by atoms with Crippen LogP contribution in [0.3, 0.4) is 0 Å².